The monoisotopic (exact) mass is 440 g/mol. The molecule has 2 aromatic carbocycles. The Hall–Kier alpha value is -3.55. The van der Waals surface area contributed by atoms with E-state index in [9.17, 15) is 14.4 Å². The Bertz CT molecular complexity index is 936. The summed E-state index contributed by atoms with van der Waals surface area (Å²) >= 11 is 0. The SMILES string of the molecule is CCOC(=O)Oc1ccc(C(=O)N2CCC(CNC(=O)c3ccccc3OC)CC2)cc1. The van der Waals surface area contributed by atoms with Gasteiger partial charge in [-0.25, -0.2) is 4.79 Å². The van der Waals surface area contributed by atoms with Crippen LogP contribution in [-0.4, -0.2) is 56.2 Å². The van der Waals surface area contributed by atoms with Gasteiger partial charge < -0.3 is 24.4 Å². The van der Waals surface area contributed by atoms with Crippen molar-refractivity contribution in [1.29, 1.82) is 0 Å². The fourth-order valence-electron chi connectivity index (χ4n) is 3.60. The molecule has 0 bridgehead atoms. The first kappa shape index (κ1) is 23.1. The fraction of sp³-hybridized carbons (Fsp3) is 0.375. The van der Waals surface area contributed by atoms with Crippen molar-refractivity contribution < 1.29 is 28.6 Å². The van der Waals surface area contributed by atoms with Gasteiger partial charge in [-0.1, -0.05) is 12.1 Å². The molecule has 8 heteroatoms. The first-order chi connectivity index (χ1) is 15.5. The highest BCUT2D eigenvalue weighted by atomic mass is 16.7. The van der Waals surface area contributed by atoms with E-state index in [0.717, 1.165) is 12.8 Å². The van der Waals surface area contributed by atoms with Gasteiger partial charge in [0.05, 0.1) is 19.3 Å². The third-order valence-corrected chi connectivity index (χ3v) is 5.37. The molecule has 1 fully saturated rings. The van der Waals surface area contributed by atoms with Crippen LogP contribution in [0, 0.1) is 5.92 Å². The van der Waals surface area contributed by atoms with E-state index in [4.69, 9.17) is 14.2 Å². The van der Waals surface area contributed by atoms with E-state index in [1.165, 1.54) is 0 Å². The summed E-state index contributed by atoms with van der Waals surface area (Å²) < 4.78 is 15.0. The zero-order chi connectivity index (χ0) is 22.9. The number of hydrogen-bond donors (Lipinski definition) is 1. The zero-order valence-electron chi connectivity index (χ0n) is 18.3. The van der Waals surface area contributed by atoms with Gasteiger partial charge in [-0.3, -0.25) is 9.59 Å². The molecule has 2 amide bonds. The van der Waals surface area contributed by atoms with Crippen LogP contribution in [0.3, 0.4) is 0 Å². The number of methoxy groups -OCH3 is 1. The van der Waals surface area contributed by atoms with Crippen molar-refractivity contribution in [3.05, 3.63) is 59.7 Å². The molecule has 3 rings (SSSR count). The lowest BCUT2D eigenvalue weighted by Gasteiger charge is -2.32. The van der Waals surface area contributed by atoms with E-state index < -0.39 is 6.16 Å². The molecular formula is C24H28N2O6. The van der Waals surface area contributed by atoms with Gasteiger partial charge in [-0.05, 0) is 62.1 Å². The van der Waals surface area contributed by atoms with Crippen LogP contribution in [0.5, 0.6) is 11.5 Å². The molecule has 0 atom stereocenters. The molecule has 1 saturated heterocycles. The predicted octanol–water partition coefficient (Wildman–Crippen LogP) is 3.51. The van der Waals surface area contributed by atoms with E-state index in [-0.39, 0.29) is 18.4 Å². The summed E-state index contributed by atoms with van der Waals surface area (Å²) in [4.78, 5) is 38.4. The molecule has 170 valence electrons. The lowest BCUT2D eigenvalue weighted by molar-refractivity contribution is 0.0684. The number of amides is 2. The number of para-hydroxylation sites is 1. The second-order valence-electron chi connectivity index (χ2n) is 7.46. The first-order valence-electron chi connectivity index (χ1n) is 10.7. The van der Waals surface area contributed by atoms with Crippen LogP contribution in [0.4, 0.5) is 4.79 Å². The van der Waals surface area contributed by atoms with Crippen molar-refractivity contribution in [2.45, 2.75) is 19.8 Å². The molecule has 0 unspecified atom stereocenters. The minimum atomic E-state index is -0.772. The molecule has 0 spiro atoms. The van der Waals surface area contributed by atoms with Crippen LogP contribution in [0.2, 0.25) is 0 Å². The van der Waals surface area contributed by atoms with Gasteiger partial charge in [-0.2, -0.15) is 0 Å². The predicted molar refractivity (Wildman–Crippen MR) is 118 cm³/mol. The molecule has 0 aliphatic carbocycles. The Morgan fingerprint density at radius 2 is 1.72 bits per heavy atom. The highest BCUT2D eigenvalue weighted by molar-refractivity contribution is 5.97. The number of carbonyl (C=O) groups excluding carboxylic acids is 3. The second kappa shape index (κ2) is 11.2. The second-order valence-corrected chi connectivity index (χ2v) is 7.46. The molecule has 1 aliphatic heterocycles. The highest BCUT2D eigenvalue weighted by Crippen LogP contribution is 2.21. The summed E-state index contributed by atoms with van der Waals surface area (Å²) in [5.41, 5.74) is 1.04. The smallest absolute Gasteiger partial charge is 0.496 e. The van der Waals surface area contributed by atoms with E-state index in [2.05, 4.69) is 5.32 Å². The number of nitrogens with zero attached hydrogens (tertiary/aromatic N) is 1. The van der Waals surface area contributed by atoms with Crippen LogP contribution in [-0.2, 0) is 4.74 Å². The van der Waals surface area contributed by atoms with Crippen molar-refractivity contribution in [3.8, 4) is 11.5 Å². The van der Waals surface area contributed by atoms with Crippen molar-refractivity contribution in [1.82, 2.24) is 10.2 Å². The number of rotatable bonds is 7. The average Bonchev–Trinajstić information content (AvgIpc) is 2.83. The molecule has 1 N–H and O–H groups in total. The average molecular weight is 440 g/mol. The topological polar surface area (TPSA) is 94.2 Å². The molecular weight excluding hydrogens is 412 g/mol. The summed E-state index contributed by atoms with van der Waals surface area (Å²) in [6.07, 6.45) is 0.843. The Balaban J connectivity index is 1.46. The van der Waals surface area contributed by atoms with Gasteiger partial charge in [0.25, 0.3) is 11.8 Å². The molecule has 8 nitrogen and oxygen atoms in total. The van der Waals surface area contributed by atoms with E-state index in [1.54, 1.807) is 61.4 Å². The maximum absolute atomic E-state index is 12.8. The molecule has 0 aromatic heterocycles. The number of likely N-dealkylation sites (tertiary alicyclic amines) is 1. The number of benzene rings is 2. The number of piperidine rings is 1. The summed E-state index contributed by atoms with van der Waals surface area (Å²) in [7, 11) is 1.54. The van der Waals surface area contributed by atoms with Crippen LogP contribution in [0.25, 0.3) is 0 Å². The van der Waals surface area contributed by atoms with Gasteiger partial charge in [-0.15, -0.1) is 0 Å². The summed E-state index contributed by atoms with van der Waals surface area (Å²) in [5, 5.41) is 2.98. The largest absolute Gasteiger partial charge is 0.513 e. The Labute approximate surface area is 187 Å². The Morgan fingerprint density at radius 1 is 1.03 bits per heavy atom. The fourth-order valence-corrected chi connectivity index (χ4v) is 3.60. The molecule has 1 aliphatic rings. The molecule has 2 aromatic rings. The lowest BCUT2D eigenvalue weighted by atomic mass is 9.96. The van der Waals surface area contributed by atoms with Crippen LogP contribution < -0.4 is 14.8 Å². The Kier molecular flexibility index (Phi) is 8.08. The van der Waals surface area contributed by atoms with Crippen molar-refractivity contribution >= 4 is 18.0 Å². The van der Waals surface area contributed by atoms with E-state index in [1.807, 2.05) is 6.07 Å². The normalized spacial score (nSPS) is 13.9. The van der Waals surface area contributed by atoms with Gasteiger partial charge in [0.1, 0.15) is 11.5 Å². The van der Waals surface area contributed by atoms with E-state index in [0.29, 0.717) is 48.2 Å². The highest BCUT2D eigenvalue weighted by Gasteiger charge is 2.24. The van der Waals surface area contributed by atoms with E-state index >= 15 is 0 Å². The molecule has 1 heterocycles. The third kappa shape index (κ3) is 6.00. The quantitative estimate of drug-likeness (QED) is 0.523. The lowest BCUT2D eigenvalue weighted by Crippen LogP contribution is -2.41. The van der Waals surface area contributed by atoms with Crippen LogP contribution >= 0.6 is 0 Å². The van der Waals surface area contributed by atoms with Crippen molar-refractivity contribution in [3.63, 3.8) is 0 Å². The zero-order valence-corrected chi connectivity index (χ0v) is 18.3. The number of nitrogens with one attached hydrogen (secondary N) is 1. The van der Waals surface area contributed by atoms with Crippen molar-refractivity contribution in [2.75, 3.05) is 33.4 Å². The van der Waals surface area contributed by atoms with Crippen molar-refractivity contribution in [2.24, 2.45) is 5.92 Å². The van der Waals surface area contributed by atoms with Gasteiger partial charge in [0, 0.05) is 25.2 Å². The number of ether oxygens (including phenoxy) is 3. The minimum Gasteiger partial charge on any atom is -0.496 e. The van der Waals surface area contributed by atoms with Crippen LogP contribution in [0.1, 0.15) is 40.5 Å². The summed E-state index contributed by atoms with van der Waals surface area (Å²) in [6, 6.07) is 13.5. The maximum Gasteiger partial charge on any atom is 0.513 e. The number of carbonyl (C=O) groups is 3. The van der Waals surface area contributed by atoms with Gasteiger partial charge in [0.2, 0.25) is 0 Å². The first-order valence-corrected chi connectivity index (χ1v) is 10.7. The maximum atomic E-state index is 12.8. The van der Waals surface area contributed by atoms with Gasteiger partial charge >= 0.3 is 6.16 Å². The molecule has 0 saturated carbocycles. The standard InChI is InChI=1S/C24H28N2O6/c1-3-31-24(29)32-19-10-8-18(9-11-19)23(28)26-14-12-17(13-15-26)16-25-22(27)20-6-4-5-7-21(20)30-2/h4-11,17H,3,12-16H2,1-2H3,(H,25,27). The third-order valence-electron chi connectivity index (χ3n) is 5.37. The number of hydrogen-bond acceptors (Lipinski definition) is 6. The Morgan fingerprint density at radius 3 is 2.38 bits per heavy atom. The molecule has 32 heavy (non-hydrogen) atoms. The minimum absolute atomic E-state index is 0.0656. The summed E-state index contributed by atoms with van der Waals surface area (Å²) in [6.45, 7) is 3.72. The van der Waals surface area contributed by atoms with Gasteiger partial charge in [0.15, 0.2) is 0 Å². The molecule has 0 radical (unpaired) electrons. The summed E-state index contributed by atoms with van der Waals surface area (Å²) in [5.74, 6) is 0.946. The van der Waals surface area contributed by atoms with Crippen LogP contribution in [0.15, 0.2) is 48.5 Å².